The molecule has 7 nitrogen and oxygen atoms in total. The van der Waals surface area contributed by atoms with Crippen LogP contribution in [0.4, 0.5) is 5.69 Å². The average molecular weight is 313 g/mol. The highest BCUT2D eigenvalue weighted by atomic mass is 32.2. The number of nitro benzene ring substituents is 1. The van der Waals surface area contributed by atoms with Gasteiger partial charge in [0, 0.05) is 24.7 Å². The first kappa shape index (κ1) is 15.9. The van der Waals surface area contributed by atoms with E-state index in [1.165, 1.54) is 24.3 Å². The topological polar surface area (TPSA) is 101 Å². The molecule has 1 atom stereocenters. The monoisotopic (exact) mass is 313 g/mol. The lowest BCUT2D eigenvalue weighted by Crippen LogP contribution is -2.31. The summed E-state index contributed by atoms with van der Waals surface area (Å²) in [5.74, 6) is -0.164. The van der Waals surface area contributed by atoms with E-state index in [1.54, 1.807) is 0 Å². The molecule has 0 radical (unpaired) electrons. The number of benzene rings is 1. The summed E-state index contributed by atoms with van der Waals surface area (Å²) in [6.45, 7) is 1.41. The molecule has 0 aromatic heterocycles. The molecule has 1 aliphatic heterocycles. The molecule has 21 heavy (non-hydrogen) atoms. The van der Waals surface area contributed by atoms with Gasteiger partial charge in [0.05, 0.1) is 10.7 Å². The first-order valence-corrected chi connectivity index (χ1v) is 8.55. The Kier molecular flexibility index (Phi) is 5.27. The second-order valence-corrected chi connectivity index (χ2v) is 6.97. The molecule has 1 aliphatic rings. The van der Waals surface area contributed by atoms with Crippen LogP contribution in [0.2, 0.25) is 0 Å². The fraction of sp³-hybridized carbons (Fsp3) is 0.538. The SMILES string of the molecule is O=[N+]([O-])c1ccc(CS(=O)(=O)NCC[C@@H]2CCCN2)cc1. The van der Waals surface area contributed by atoms with E-state index < -0.39 is 14.9 Å². The van der Waals surface area contributed by atoms with E-state index in [-0.39, 0.29) is 11.4 Å². The molecule has 0 saturated carbocycles. The zero-order chi connectivity index (χ0) is 15.3. The molecule has 2 N–H and O–H groups in total. The molecule has 1 fully saturated rings. The number of hydrogen-bond donors (Lipinski definition) is 2. The van der Waals surface area contributed by atoms with Gasteiger partial charge >= 0.3 is 0 Å². The first-order chi connectivity index (χ1) is 9.96. The summed E-state index contributed by atoms with van der Waals surface area (Å²) in [5, 5.41) is 13.8. The maximum atomic E-state index is 11.9. The van der Waals surface area contributed by atoms with Gasteiger partial charge in [-0.25, -0.2) is 13.1 Å². The predicted molar refractivity (Wildman–Crippen MR) is 79.4 cm³/mol. The lowest BCUT2D eigenvalue weighted by atomic mass is 10.2. The highest BCUT2D eigenvalue weighted by Crippen LogP contribution is 2.14. The number of sulfonamides is 1. The first-order valence-electron chi connectivity index (χ1n) is 6.90. The van der Waals surface area contributed by atoms with Crippen LogP contribution in [0, 0.1) is 10.1 Å². The normalized spacial score (nSPS) is 18.8. The Balaban J connectivity index is 1.83. The van der Waals surface area contributed by atoms with Gasteiger partial charge < -0.3 is 5.32 Å². The molecule has 1 heterocycles. The molecule has 0 bridgehead atoms. The smallest absolute Gasteiger partial charge is 0.269 e. The van der Waals surface area contributed by atoms with E-state index in [4.69, 9.17) is 0 Å². The Morgan fingerprint density at radius 2 is 2.05 bits per heavy atom. The van der Waals surface area contributed by atoms with Gasteiger partial charge in [-0.1, -0.05) is 12.1 Å². The Morgan fingerprint density at radius 3 is 2.62 bits per heavy atom. The highest BCUT2D eigenvalue weighted by Gasteiger charge is 2.16. The van der Waals surface area contributed by atoms with Crippen molar-refractivity contribution >= 4 is 15.7 Å². The van der Waals surface area contributed by atoms with E-state index in [9.17, 15) is 18.5 Å². The summed E-state index contributed by atoms with van der Waals surface area (Å²) in [5.41, 5.74) is 0.489. The van der Waals surface area contributed by atoms with Crippen LogP contribution in [-0.4, -0.2) is 32.5 Å². The summed E-state index contributed by atoms with van der Waals surface area (Å²) < 4.78 is 26.4. The third kappa shape index (κ3) is 5.07. The zero-order valence-electron chi connectivity index (χ0n) is 11.6. The minimum atomic E-state index is -3.41. The van der Waals surface area contributed by atoms with Crippen LogP contribution in [0.25, 0.3) is 0 Å². The number of rotatable bonds is 7. The predicted octanol–water partition coefficient (Wildman–Crippen LogP) is 1.16. The Bertz CT molecular complexity index is 580. The van der Waals surface area contributed by atoms with Crippen LogP contribution in [0.15, 0.2) is 24.3 Å². The van der Waals surface area contributed by atoms with Crippen LogP contribution in [0.1, 0.15) is 24.8 Å². The van der Waals surface area contributed by atoms with Gasteiger partial charge in [-0.15, -0.1) is 0 Å². The molecule has 0 unspecified atom stereocenters. The van der Waals surface area contributed by atoms with Gasteiger partial charge in [0.1, 0.15) is 0 Å². The van der Waals surface area contributed by atoms with Gasteiger partial charge in [-0.2, -0.15) is 0 Å². The number of nitro groups is 1. The van der Waals surface area contributed by atoms with E-state index >= 15 is 0 Å². The summed E-state index contributed by atoms with van der Waals surface area (Å²) in [6, 6.07) is 5.96. The number of hydrogen-bond acceptors (Lipinski definition) is 5. The van der Waals surface area contributed by atoms with Crippen molar-refractivity contribution in [2.75, 3.05) is 13.1 Å². The number of non-ortho nitro benzene ring substituents is 1. The molecule has 8 heteroatoms. The summed E-state index contributed by atoms with van der Waals surface area (Å²) in [4.78, 5) is 10.0. The maximum Gasteiger partial charge on any atom is 0.269 e. The largest absolute Gasteiger partial charge is 0.314 e. The Morgan fingerprint density at radius 1 is 1.33 bits per heavy atom. The summed E-state index contributed by atoms with van der Waals surface area (Å²) in [7, 11) is -3.41. The van der Waals surface area contributed by atoms with Crippen molar-refractivity contribution < 1.29 is 13.3 Å². The minimum absolute atomic E-state index is 0.0450. The van der Waals surface area contributed by atoms with Gasteiger partial charge in [0.2, 0.25) is 10.0 Å². The van der Waals surface area contributed by atoms with Crippen LogP contribution in [-0.2, 0) is 15.8 Å². The van der Waals surface area contributed by atoms with Crippen LogP contribution < -0.4 is 10.0 Å². The molecule has 0 aliphatic carbocycles. The number of nitrogens with zero attached hydrogens (tertiary/aromatic N) is 1. The van der Waals surface area contributed by atoms with Crippen molar-refractivity contribution in [3.05, 3.63) is 39.9 Å². The van der Waals surface area contributed by atoms with Crippen molar-refractivity contribution in [3.63, 3.8) is 0 Å². The quantitative estimate of drug-likeness (QED) is 0.581. The molecule has 1 saturated heterocycles. The zero-order valence-corrected chi connectivity index (χ0v) is 12.4. The summed E-state index contributed by atoms with van der Waals surface area (Å²) in [6.07, 6.45) is 3.00. The lowest BCUT2D eigenvalue weighted by molar-refractivity contribution is -0.384. The van der Waals surface area contributed by atoms with E-state index in [0.717, 1.165) is 25.8 Å². The van der Waals surface area contributed by atoms with E-state index in [0.29, 0.717) is 18.2 Å². The van der Waals surface area contributed by atoms with Gasteiger partial charge in [-0.3, -0.25) is 10.1 Å². The van der Waals surface area contributed by atoms with Gasteiger partial charge in [-0.05, 0) is 31.4 Å². The highest BCUT2D eigenvalue weighted by molar-refractivity contribution is 7.88. The van der Waals surface area contributed by atoms with Crippen LogP contribution in [0.5, 0.6) is 0 Å². The van der Waals surface area contributed by atoms with Crippen molar-refractivity contribution in [2.45, 2.75) is 31.1 Å². The molecule has 1 aromatic carbocycles. The second-order valence-electron chi connectivity index (χ2n) is 5.16. The molecule has 1 aromatic rings. The van der Waals surface area contributed by atoms with Crippen molar-refractivity contribution in [1.29, 1.82) is 0 Å². The van der Waals surface area contributed by atoms with Gasteiger partial charge in [0.15, 0.2) is 0 Å². The van der Waals surface area contributed by atoms with Crippen LogP contribution in [0.3, 0.4) is 0 Å². The standard InChI is InChI=1S/C13H19N3O4S/c17-16(18)13-5-3-11(4-6-13)10-21(19,20)15-9-7-12-2-1-8-14-12/h3-6,12,14-15H,1-2,7-10H2/t12-/m0/s1. The third-order valence-corrected chi connectivity index (χ3v) is 4.84. The van der Waals surface area contributed by atoms with Crippen LogP contribution >= 0.6 is 0 Å². The lowest BCUT2D eigenvalue weighted by Gasteiger charge is -2.11. The minimum Gasteiger partial charge on any atom is -0.314 e. The third-order valence-electron chi connectivity index (χ3n) is 3.48. The fourth-order valence-electron chi connectivity index (χ4n) is 2.38. The van der Waals surface area contributed by atoms with Crippen molar-refractivity contribution in [2.24, 2.45) is 0 Å². The Labute approximate surface area is 123 Å². The Hall–Kier alpha value is -1.51. The summed E-state index contributed by atoms with van der Waals surface area (Å²) >= 11 is 0. The van der Waals surface area contributed by atoms with E-state index in [1.807, 2.05) is 0 Å². The average Bonchev–Trinajstić information content (AvgIpc) is 2.91. The second kappa shape index (κ2) is 6.97. The maximum absolute atomic E-state index is 11.9. The molecule has 0 amide bonds. The van der Waals surface area contributed by atoms with Crippen molar-refractivity contribution in [3.8, 4) is 0 Å². The molecule has 2 rings (SSSR count). The molecular weight excluding hydrogens is 294 g/mol. The van der Waals surface area contributed by atoms with Gasteiger partial charge in [0.25, 0.3) is 5.69 Å². The molecule has 116 valence electrons. The molecular formula is C13H19N3O4S. The molecule has 0 spiro atoms. The fourth-order valence-corrected chi connectivity index (χ4v) is 3.54. The van der Waals surface area contributed by atoms with Crippen molar-refractivity contribution in [1.82, 2.24) is 10.0 Å². The van der Waals surface area contributed by atoms with E-state index in [2.05, 4.69) is 10.0 Å². The number of nitrogens with one attached hydrogen (secondary N) is 2.